The number of amides is 5. The standard InChI is InChI=1S/C61H84F2N10O18/c1-5-42-43-34-41(9-10-50(43)69-55-44(42)36-73-52(55)35-47-45(58(73)77)37-91-59(78)61(47,80)6-2)90-38-46-48(62)32-40(33-49(46)63)68-56(75)51(8-7-12-66-60(64)79)70-57(76)54(39(3)4)71-53(74)11-14-81-16-18-83-20-22-85-24-26-87-28-30-89-31-29-88-27-25-86-23-21-84-19-17-82-15-13-67-72-65/h9-10,32-35,39,51,54,80H,5-8,11-31,36-38H2,1-4H3,(H,68,75)(H,70,76)(H,71,74)(H3,64,66,79)/t51?,54?,61-/m0/s1. The Morgan fingerprint density at radius 3 is 1.86 bits per heavy atom. The first kappa shape index (κ1) is 72.6. The number of ether oxygens (including phenoxy) is 11. The predicted molar refractivity (Wildman–Crippen MR) is 325 cm³/mol. The van der Waals surface area contributed by atoms with Gasteiger partial charge >= 0.3 is 12.0 Å². The third-order valence-corrected chi connectivity index (χ3v) is 14.6. The minimum Gasteiger partial charge on any atom is -0.489 e. The minimum absolute atomic E-state index is 0.000208. The van der Waals surface area contributed by atoms with Gasteiger partial charge in [0.1, 0.15) is 42.7 Å². The number of cyclic esters (lactones) is 1. The molecular formula is C61H84F2N10O18. The second-order valence-corrected chi connectivity index (χ2v) is 21.2. The number of azide groups is 1. The number of aryl methyl sites for hydroxylation is 1. The van der Waals surface area contributed by atoms with E-state index >= 15 is 8.78 Å². The number of carbonyl (C=O) groups excluding carboxylic acids is 5. The number of esters is 1. The molecule has 4 heterocycles. The van der Waals surface area contributed by atoms with Crippen LogP contribution >= 0.6 is 0 Å². The fraction of sp³-hybridized carbons (Fsp3) is 0.590. The van der Waals surface area contributed by atoms with Crippen molar-refractivity contribution in [3.63, 3.8) is 0 Å². The fourth-order valence-corrected chi connectivity index (χ4v) is 9.84. The van der Waals surface area contributed by atoms with Gasteiger partial charge in [0, 0.05) is 46.6 Å². The van der Waals surface area contributed by atoms with E-state index in [4.69, 9.17) is 68.4 Å². The van der Waals surface area contributed by atoms with Crippen molar-refractivity contribution in [3.05, 3.63) is 96.6 Å². The Morgan fingerprint density at radius 1 is 0.769 bits per heavy atom. The number of hydrogen-bond donors (Lipinski definition) is 6. The van der Waals surface area contributed by atoms with Crippen LogP contribution in [0.25, 0.3) is 32.7 Å². The Kier molecular flexibility index (Phi) is 30.6. The molecule has 2 unspecified atom stereocenters. The smallest absolute Gasteiger partial charge is 0.343 e. The molecule has 0 radical (unpaired) electrons. The summed E-state index contributed by atoms with van der Waals surface area (Å²) < 4.78 is 93.4. The Morgan fingerprint density at radius 2 is 1.33 bits per heavy atom. The minimum atomic E-state index is -1.98. The van der Waals surface area contributed by atoms with E-state index in [0.717, 1.165) is 23.3 Å². The zero-order valence-corrected chi connectivity index (χ0v) is 52.0. The highest BCUT2D eigenvalue weighted by molar-refractivity contribution is 5.98. The summed E-state index contributed by atoms with van der Waals surface area (Å²) in [6.45, 7) is 13.1. The number of primary amides is 1. The van der Waals surface area contributed by atoms with Crippen molar-refractivity contribution in [2.75, 3.05) is 137 Å². The monoisotopic (exact) mass is 1280 g/mol. The highest BCUT2D eigenvalue weighted by Gasteiger charge is 2.45. The molecule has 2 aromatic carbocycles. The van der Waals surface area contributed by atoms with Crippen LogP contribution in [0.5, 0.6) is 5.75 Å². The Balaban J connectivity index is 0.870. The van der Waals surface area contributed by atoms with E-state index in [1.54, 1.807) is 49.6 Å². The maximum Gasteiger partial charge on any atom is 0.343 e. The number of pyridine rings is 2. The molecule has 0 saturated heterocycles. The number of fused-ring (bicyclic) bond motifs is 5. The van der Waals surface area contributed by atoms with Crippen molar-refractivity contribution in [2.24, 2.45) is 16.8 Å². The van der Waals surface area contributed by atoms with Crippen LogP contribution < -0.4 is 37.3 Å². The number of benzene rings is 2. The maximum atomic E-state index is 15.8. The molecule has 91 heavy (non-hydrogen) atoms. The van der Waals surface area contributed by atoms with Crippen molar-refractivity contribution in [1.29, 1.82) is 0 Å². The topological polar surface area (TPSA) is 365 Å². The maximum absolute atomic E-state index is 15.8. The number of nitrogens with one attached hydrogen (secondary N) is 4. The number of hydrogen-bond acceptors (Lipinski definition) is 20. The van der Waals surface area contributed by atoms with Crippen molar-refractivity contribution in [2.45, 2.75) is 97.2 Å². The van der Waals surface area contributed by atoms with Crippen LogP contribution in [0.4, 0.5) is 19.3 Å². The number of anilines is 1. The van der Waals surface area contributed by atoms with E-state index in [0.29, 0.717) is 134 Å². The first-order valence-corrected chi connectivity index (χ1v) is 30.4. The number of nitrogens with two attached hydrogens (primary N) is 1. The van der Waals surface area contributed by atoms with Crippen LogP contribution in [0.15, 0.2) is 46.3 Å². The predicted octanol–water partition coefficient (Wildman–Crippen LogP) is 4.36. The average Bonchev–Trinajstić information content (AvgIpc) is 1.63. The normalized spacial score (nSPS) is 14.7. The first-order valence-electron chi connectivity index (χ1n) is 30.4. The van der Waals surface area contributed by atoms with Crippen LogP contribution in [-0.2, 0) is 98.3 Å². The van der Waals surface area contributed by atoms with Gasteiger partial charge in [0.25, 0.3) is 5.56 Å². The van der Waals surface area contributed by atoms with Gasteiger partial charge < -0.3 is 88.8 Å². The van der Waals surface area contributed by atoms with Gasteiger partial charge in [0.2, 0.25) is 17.7 Å². The lowest BCUT2D eigenvalue weighted by Crippen LogP contribution is -2.54. The molecule has 2 aliphatic heterocycles. The zero-order valence-electron chi connectivity index (χ0n) is 52.0. The van der Waals surface area contributed by atoms with Crippen molar-refractivity contribution >= 4 is 46.3 Å². The van der Waals surface area contributed by atoms with E-state index in [9.17, 15) is 33.9 Å². The molecule has 500 valence electrons. The highest BCUT2D eigenvalue weighted by atomic mass is 19.1. The quantitative estimate of drug-likeness (QED) is 0.0104. The third kappa shape index (κ3) is 22.1. The summed E-state index contributed by atoms with van der Waals surface area (Å²) in [7, 11) is 0. The number of carbonyl (C=O) groups is 5. The van der Waals surface area contributed by atoms with Gasteiger partial charge in [-0.1, -0.05) is 32.8 Å². The fourth-order valence-electron chi connectivity index (χ4n) is 9.84. The number of aliphatic hydroxyl groups is 1. The van der Waals surface area contributed by atoms with Crippen LogP contribution in [0.3, 0.4) is 0 Å². The number of nitrogens with zero attached hydrogens (tertiary/aromatic N) is 5. The molecule has 2 aromatic heterocycles. The number of rotatable bonds is 45. The Labute approximate surface area is 525 Å². The number of urea groups is 1. The Bertz CT molecular complexity index is 3150. The lowest BCUT2D eigenvalue weighted by atomic mass is 9.86. The molecule has 0 fully saturated rings. The molecule has 0 aliphatic carbocycles. The summed E-state index contributed by atoms with van der Waals surface area (Å²) in [5.41, 5.74) is 13.9. The molecule has 30 heteroatoms. The molecule has 0 saturated carbocycles. The highest BCUT2D eigenvalue weighted by Crippen LogP contribution is 2.41. The van der Waals surface area contributed by atoms with E-state index in [2.05, 4.69) is 31.3 Å². The van der Waals surface area contributed by atoms with Crippen LogP contribution in [-0.4, -0.2) is 188 Å². The van der Waals surface area contributed by atoms with Gasteiger partial charge in [0.15, 0.2) is 5.60 Å². The van der Waals surface area contributed by atoms with Gasteiger partial charge in [-0.25, -0.2) is 23.4 Å². The summed E-state index contributed by atoms with van der Waals surface area (Å²) >= 11 is 0. The van der Waals surface area contributed by atoms with Gasteiger partial charge in [-0.3, -0.25) is 19.2 Å². The van der Waals surface area contributed by atoms with Crippen LogP contribution in [0.1, 0.15) is 81.2 Å². The summed E-state index contributed by atoms with van der Waals surface area (Å²) in [5.74, 6) is -5.11. The van der Waals surface area contributed by atoms with Crippen molar-refractivity contribution < 1.29 is 90.0 Å². The molecule has 4 aromatic rings. The first-order chi connectivity index (χ1) is 44.0. The van der Waals surface area contributed by atoms with E-state index in [1.165, 1.54) is 0 Å². The van der Waals surface area contributed by atoms with E-state index < -0.39 is 82.7 Å². The number of aromatic nitrogens is 2. The largest absolute Gasteiger partial charge is 0.489 e. The van der Waals surface area contributed by atoms with Gasteiger partial charge in [-0.2, -0.15) is 0 Å². The molecule has 5 amide bonds. The third-order valence-electron chi connectivity index (χ3n) is 14.6. The average molecular weight is 1280 g/mol. The van der Waals surface area contributed by atoms with Gasteiger partial charge in [-0.05, 0) is 79.1 Å². The van der Waals surface area contributed by atoms with Crippen LogP contribution in [0, 0.1) is 17.6 Å². The summed E-state index contributed by atoms with van der Waals surface area (Å²) in [4.78, 5) is 85.9. The molecule has 0 bridgehead atoms. The van der Waals surface area contributed by atoms with E-state index in [-0.39, 0.29) is 87.8 Å². The molecule has 2 aliphatic rings. The van der Waals surface area contributed by atoms with Gasteiger partial charge in [0.05, 0.1) is 154 Å². The van der Waals surface area contributed by atoms with E-state index in [1.807, 2.05) is 6.92 Å². The molecule has 3 atom stereocenters. The van der Waals surface area contributed by atoms with Crippen LogP contribution in [0.2, 0.25) is 0 Å². The molecule has 28 nitrogen and oxygen atoms in total. The SMILES string of the molecule is CCc1c2c(nc3ccc(OCc4c(F)cc(NC(=O)C(CCCNC(N)=O)NC(=O)C(NC(=O)CCOCCOCCOCCOCCOCCOCCOCCOCCOCCN=[N+]=[N-])C(C)C)cc4F)cc13)-c1cc3c(c(=O)n1C2)COC(=O)[C@]3(O)CC. The molecular weight excluding hydrogens is 1200 g/mol. The summed E-state index contributed by atoms with van der Waals surface area (Å²) in [6.07, 6.45) is 0.537. The zero-order chi connectivity index (χ0) is 65.5. The van der Waals surface area contributed by atoms with Crippen molar-refractivity contribution in [1.82, 2.24) is 25.5 Å². The summed E-state index contributed by atoms with van der Waals surface area (Å²) in [6, 6.07) is 5.23. The van der Waals surface area contributed by atoms with Gasteiger partial charge in [-0.15, -0.1) is 0 Å². The van der Waals surface area contributed by atoms with Crippen molar-refractivity contribution in [3.8, 4) is 17.1 Å². The second-order valence-electron chi connectivity index (χ2n) is 21.2. The molecule has 0 spiro atoms. The lowest BCUT2D eigenvalue weighted by molar-refractivity contribution is -0.172. The second kappa shape index (κ2) is 38.4. The molecule has 6 rings (SSSR count). The lowest BCUT2D eigenvalue weighted by Gasteiger charge is -2.31. The Hall–Kier alpha value is -7.48. The number of halogens is 2. The summed E-state index contributed by atoms with van der Waals surface area (Å²) in [5, 5.41) is 25.6. The molecule has 7 N–H and O–H groups in total.